The third-order valence-corrected chi connectivity index (χ3v) is 7.41. The Morgan fingerprint density at radius 2 is 1.62 bits per heavy atom. The van der Waals surface area contributed by atoms with Gasteiger partial charge in [-0.25, -0.2) is 4.79 Å². The third kappa shape index (κ3) is 3.44. The maximum Gasteiger partial charge on any atom is 0.338 e. The van der Waals surface area contributed by atoms with Crippen molar-refractivity contribution in [1.82, 2.24) is 0 Å². The summed E-state index contributed by atoms with van der Waals surface area (Å²) in [5, 5.41) is 25.5. The summed E-state index contributed by atoms with van der Waals surface area (Å²) < 4.78 is 5.71. The van der Waals surface area contributed by atoms with E-state index in [0.29, 0.717) is 21.9 Å². The van der Waals surface area contributed by atoms with Crippen LogP contribution in [0.4, 0.5) is 0 Å². The van der Waals surface area contributed by atoms with Gasteiger partial charge in [0.15, 0.2) is 10.9 Å². The normalized spacial score (nSPS) is 15.9. The van der Waals surface area contributed by atoms with Crippen molar-refractivity contribution < 1.29 is 19.7 Å². The van der Waals surface area contributed by atoms with Crippen LogP contribution < -0.4 is 16.1 Å². The van der Waals surface area contributed by atoms with E-state index in [4.69, 9.17) is 4.74 Å². The molecular weight excluding hydrogens is 468 g/mol. The first-order valence-corrected chi connectivity index (χ1v) is 12.3. The largest absolute Gasteiger partial charge is 0.512 e. The lowest BCUT2D eigenvalue weighted by Crippen LogP contribution is -2.31. The molecule has 0 fully saturated rings. The molecule has 2 atom stereocenters. The highest BCUT2D eigenvalue weighted by atomic mass is 16.5. The molecule has 5 aromatic rings. The van der Waals surface area contributed by atoms with Crippen molar-refractivity contribution in [1.29, 1.82) is 0 Å². The van der Waals surface area contributed by atoms with Crippen LogP contribution in [0.2, 0.25) is 0 Å². The molecule has 2 unspecified atom stereocenters. The fourth-order valence-electron chi connectivity index (χ4n) is 5.92. The number of fused-ring (bicyclic) bond motifs is 2. The van der Waals surface area contributed by atoms with E-state index in [1.807, 2.05) is 13.0 Å². The number of hydrogen-bond acceptors (Lipinski definition) is 6. The minimum Gasteiger partial charge on any atom is -0.512 e. The summed E-state index contributed by atoms with van der Waals surface area (Å²) in [5.41, 5.74) is 1.39. The van der Waals surface area contributed by atoms with E-state index in [1.165, 1.54) is 18.2 Å². The summed E-state index contributed by atoms with van der Waals surface area (Å²) in [5.74, 6) is -0.651. The Morgan fingerprint density at radius 3 is 2.38 bits per heavy atom. The minimum atomic E-state index is -0.548. The van der Waals surface area contributed by atoms with Gasteiger partial charge in [0.25, 0.3) is 0 Å². The Hall–Kier alpha value is -4.45. The first kappa shape index (κ1) is 23.0. The van der Waals surface area contributed by atoms with Crippen LogP contribution in [0.5, 0.6) is 5.75 Å². The third-order valence-electron chi connectivity index (χ3n) is 7.41. The van der Waals surface area contributed by atoms with Gasteiger partial charge in [-0.15, -0.1) is 0 Å². The lowest BCUT2D eigenvalue weighted by atomic mass is 9.78. The molecule has 184 valence electrons. The number of esters is 1. The first-order chi connectivity index (χ1) is 17.8. The van der Waals surface area contributed by atoms with Crippen molar-refractivity contribution in [2.45, 2.75) is 38.7 Å². The summed E-state index contributed by atoms with van der Waals surface area (Å²) in [6.45, 7) is 3.75. The number of phenolic OH excluding ortho intramolecular Hbond substituents is 1. The Kier molecular flexibility index (Phi) is 5.16. The van der Waals surface area contributed by atoms with Gasteiger partial charge in [0.2, 0.25) is 0 Å². The molecule has 0 heterocycles. The maximum absolute atomic E-state index is 13.3. The molecule has 0 bridgehead atoms. The quantitative estimate of drug-likeness (QED) is 0.214. The summed E-state index contributed by atoms with van der Waals surface area (Å²) in [6, 6.07) is 16.6. The van der Waals surface area contributed by atoms with Crippen molar-refractivity contribution >= 4 is 44.0 Å². The summed E-state index contributed by atoms with van der Waals surface area (Å²) >= 11 is 0. The molecule has 6 rings (SSSR count). The van der Waals surface area contributed by atoms with Crippen LogP contribution in [0.3, 0.4) is 0 Å². The van der Waals surface area contributed by atoms with Gasteiger partial charge < -0.3 is 14.9 Å². The fourth-order valence-corrected chi connectivity index (χ4v) is 5.92. The Balaban J connectivity index is 1.65. The second-order valence-electron chi connectivity index (χ2n) is 9.90. The zero-order chi connectivity index (χ0) is 26.0. The highest BCUT2D eigenvalue weighted by Gasteiger charge is 2.28. The van der Waals surface area contributed by atoms with Crippen LogP contribution in [0.25, 0.3) is 38.1 Å². The number of phenols is 1. The molecule has 6 heteroatoms. The summed E-state index contributed by atoms with van der Waals surface area (Å²) in [6.07, 6.45) is 0.00281. The van der Waals surface area contributed by atoms with E-state index in [1.54, 1.807) is 43.3 Å². The van der Waals surface area contributed by atoms with Gasteiger partial charge in [-0.3, -0.25) is 9.59 Å². The fraction of sp³-hybridized carbons (Fsp3) is 0.194. The molecule has 37 heavy (non-hydrogen) atoms. The van der Waals surface area contributed by atoms with E-state index in [0.717, 1.165) is 21.7 Å². The number of carbonyl (C=O) groups is 1. The van der Waals surface area contributed by atoms with Crippen molar-refractivity contribution in [3.8, 4) is 5.75 Å². The van der Waals surface area contributed by atoms with Gasteiger partial charge >= 0.3 is 5.97 Å². The van der Waals surface area contributed by atoms with Crippen LogP contribution in [0.15, 0.2) is 70.3 Å². The number of aromatic hydroxyl groups is 1. The molecule has 0 spiro atoms. The Labute approximate surface area is 211 Å². The summed E-state index contributed by atoms with van der Waals surface area (Å²) in [4.78, 5) is 38.8. The average Bonchev–Trinajstić information content (AvgIpc) is 2.86. The number of carbonyl (C=O) groups excluding carboxylic acids is 1. The Bertz CT molecular complexity index is 1910. The smallest absolute Gasteiger partial charge is 0.338 e. The lowest BCUT2D eigenvalue weighted by molar-refractivity contribution is 0.0343. The van der Waals surface area contributed by atoms with E-state index < -0.39 is 12.1 Å². The van der Waals surface area contributed by atoms with Crippen LogP contribution in [0, 0.1) is 0 Å². The van der Waals surface area contributed by atoms with Gasteiger partial charge in [-0.2, -0.15) is 0 Å². The monoisotopic (exact) mass is 492 g/mol. The van der Waals surface area contributed by atoms with Crippen molar-refractivity contribution in [2.75, 3.05) is 0 Å². The number of aliphatic hydroxyl groups excluding tert-OH is 1. The second kappa shape index (κ2) is 8.30. The molecule has 0 aromatic heterocycles. The van der Waals surface area contributed by atoms with Crippen molar-refractivity contribution in [3.63, 3.8) is 0 Å². The molecule has 2 N–H and O–H groups in total. The van der Waals surface area contributed by atoms with E-state index in [9.17, 15) is 24.6 Å². The lowest BCUT2D eigenvalue weighted by Gasteiger charge is -2.26. The minimum absolute atomic E-state index is 0.0590. The average molecular weight is 493 g/mol. The van der Waals surface area contributed by atoms with Crippen LogP contribution in [0.1, 0.15) is 47.7 Å². The standard InChI is InChI=1S/C31H24O6/c1-15-12-23(34)29-21(32)10-8-19-20-9-11-22(33)30-24(35)14-18(26(28(20)30)25(15)27(19)29)13-16(2)37-31(36)17-6-4-3-5-7-17/h3-11,14-16,33-34H,12-13H2,1-2H3. The molecule has 0 amide bonds. The van der Waals surface area contributed by atoms with Gasteiger partial charge in [0.05, 0.1) is 16.2 Å². The van der Waals surface area contributed by atoms with Crippen LogP contribution in [-0.2, 0) is 11.2 Å². The molecule has 1 aliphatic rings. The molecular formula is C31H24O6. The molecule has 1 aliphatic carbocycles. The zero-order valence-corrected chi connectivity index (χ0v) is 20.4. The van der Waals surface area contributed by atoms with E-state index in [2.05, 4.69) is 0 Å². The molecule has 0 radical (unpaired) electrons. The SMILES string of the molecule is CC(Cc1cc(=O)c2c(O)ccc3c4ccc(=O)c5c4c(c1c23)C(C)CC=5O)OC(=O)c1ccccc1. The van der Waals surface area contributed by atoms with Crippen LogP contribution in [-0.4, -0.2) is 22.3 Å². The molecule has 0 saturated carbocycles. The van der Waals surface area contributed by atoms with Gasteiger partial charge in [0, 0.05) is 23.6 Å². The highest BCUT2D eigenvalue weighted by Crippen LogP contribution is 2.44. The van der Waals surface area contributed by atoms with Crippen molar-refractivity contribution in [3.05, 3.63) is 103 Å². The molecule has 0 saturated heterocycles. The molecule has 6 nitrogen and oxygen atoms in total. The van der Waals surface area contributed by atoms with Gasteiger partial charge in [0.1, 0.15) is 17.6 Å². The van der Waals surface area contributed by atoms with E-state index in [-0.39, 0.29) is 51.7 Å². The van der Waals surface area contributed by atoms with E-state index >= 15 is 0 Å². The zero-order valence-electron chi connectivity index (χ0n) is 20.4. The van der Waals surface area contributed by atoms with Gasteiger partial charge in [-0.05, 0) is 76.5 Å². The topological polar surface area (TPSA) is 101 Å². The highest BCUT2D eigenvalue weighted by molar-refractivity contribution is 6.25. The van der Waals surface area contributed by atoms with Gasteiger partial charge in [-0.1, -0.05) is 31.2 Å². The number of hydrogen-bond donors (Lipinski definition) is 2. The second-order valence-corrected chi connectivity index (χ2v) is 9.90. The van der Waals surface area contributed by atoms with Crippen LogP contribution >= 0.6 is 0 Å². The first-order valence-electron chi connectivity index (χ1n) is 12.3. The number of benzene rings is 5. The predicted molar refractivity (Wildman–Crippen MR) is 144 cm³/mol. The van der Waals surface area contributed by atoms with Crippen molar-refractivity contribution in [2.24, 2.45) is 0 Å². The summed E-state index contributed by atoms with van der Waals surface area (Å²) in [7, 11) is 0. The number of ether oxygens (including phenoxy) is 1. The molecule has 5 aromatic carbocycles. The molecule has 0 aliphatic heterocycles. The maximum atomic E-state index is 13.3. The number of rotatable bonds is 4. The number of aliphatic hydroxyl groups is 1. The Morgan fingerprint density at radius 1 is 0.919 bits per heavy atom. The predicted octanol–water partition coefficient (Wildman–Crippen LogP) is 4.69.